The first-order chi connectivity index (χ1) is 9.45. The van der Waals surface area contributed by atoms with Crippen molar-refractivity contribution in [2.24, 2.45) is 0 Å². The lowest BCUT2D eigenvalue weighted by Crippen LogP contribution is -2.48. The van der Waals surface area contributed by atoms with Crippen molar-refractivity contribution in [2.45, 2.75) is 4.90 Å². The van der Waals surface area contributed by atoms with Crippen molar-refractivity contribution in [3.05, 3.63) is 21.9 Å². The molecule has 0 radical (unpaired) electrons. The third-order valence-corrected chi connectivity index (χ3v) is 5.80. The number of piperazine rings is 1. The van der Waals surface area contributed by atoms with Crippen LogP contribution in [0.15, 0.2) is 21.6 Å². The Balaban J connectivity index is 2.20. The van der Waals surface area contributed by atoms with Gasteiger partial charge in [0.2, 0.25) is 10.0 Å². The maximum atomic E-state index is 12.5. The topological polar surface area (TPSA) is 53.5 Å². The first-order valence-electron chi connectivity index (χ1n) is 5.92. The monoisotopic (exact) mass is 377 g/mol. The Morgan fingerprint density at radius 2 is 2.05 bits per heavy atom. The van der Waals surface area contributed by atoms with E-state index >= 15 is 0 Å². The molecular formula is C12H13BrClN3O2S. The van der Waals surface area contributed by atoms with Crippen molar-refractivity contribution >= 4 is 37.6 Å². The molecule has 0 saturated carbocycles. The summed E-state index contributed by atoms with van der Waals surface area (Å²) in [7, 11) is -3.62. The summed E-state index contributed by atoms with van der Waals surface area (Å²) in [5.74, 6) is 2.56. The number of halogens is 2. The van der Waals surface area contributed by atoms with Crippen LogP contribution in [0.3, 0.4) is 0 Å². The van der Waals surface area contributed by atoms with Crippen LogP contribution in [0, 0.1) is 12.3 Å². The van der Waals surface area contributed by atoms with Crippen LogP contribution in [0.5, 0.6) is 0 Å². The molecule has 0 aliphatic carbocycles. The molecule has 20 heavy (non-hydrogen) atoms. The molecule has 1 fully saturated rings. The van der Waals surface area contributed by atoms with Gasteiger partial charge in [0.15, 0.2) is 0 Å². The van der Waals surface area contributed by atoms with Crippen LogP contribution >= 0.6 is 27.5 Å². The fourth-order valence-electron chi connectivity index (χ4n) is 1.98. The zero-order valence-electron chi connectivity index (χ0n) is 10.6. The van der Waals surface area contributed by atoms with Gasteiger partial charge in [-0.05, 0) is 22.0 Å². The number of nitrogens with zero attached hydrogens (tertiary/aromatic N) is 3. The van der Waals surface area contributed by atoms with E-state index in [1.807, 2.05) is 4.90 Å². The molecule has 1 aliphatic rings. The lowest BCUT2D eigenvalue weighted by molar-refractivity contribution is 0.207. The standard InChI is InChI=1S/C12H13BrClN3O2S/c1-2-3-16-4-6-17(7-5-16)20(18,19)11-8-10(13)9-15-12(11)14/h1,8-9H,3-7H2. The molecule has 1 saturated heterocycles. The van der Waals surface area contributed by atoms with E-state index in [1.54, 1.807) is 0 Å². The fourth-order valence-corrected chi connectivity index (χ4v) is 4.32. The zero-order valence-corrected chi connectivity index (χ0v) is 13.7. The molecule has 8 heteroatoms. The number of rotatable bonds is 3. The van der Waals surface area contributed by atoms with Gasteiger partial charge in [0.1, 0.15) is 10.0 Å². The summed E-state index contributed by atoms with van der Waals surface area (Å²) in [6.07, 6.45) is 6.72. The van der Waals surface area contributed by atoms with Crippen molar-refractivity contribution in [1.29, 1.82) is 0 Å². The minimum Gasteiger partial charge on any atom is -0.290 e. The quantitative estimate of drug-likeness (QED) is 0.590. The van der Waals surface area contributed by atoms with E-state index in [0.717, 1.165) is 0 Å². The van der Waals surface area contributed by atoms with Crippen LogP contribution in [0.2, 0.25) is 5.15 Å². The largest absolute Gasteiger partial charge is 0.290 e. The van der Waals surface area contributed by atoms with Gasteiger partial charge in [0.05, 0.1) is 6.54 Å². The summed E-state index contributed by atoms with van der Waals surface area (Å²) in [6, 6.07) is 1.47. The van der Waals surface area contributed by atoms with Gasteiger partial charge in [-0.15, -0.1) is 6.42 Å². The molecular weight excluding hydrogens is 366 g/mol. The zero-order chi connectivity index (χ0) is 14.8. The van der Waals surface area contributed by atoms with Crippen molar-refractivity contribution < 1.29 is 8.42 Å². The molecule has 2 heterocycles. The van der Waals surface area contributed by atoms with E-state index in [0.29, 0.717) is 37.2 Å². The Bertz CT molecular complexity index is 637. The highest BCUT2D eigenvalue weighted by atomic mass is 79.9. The van der Waals surface area contributed by atoms with Gasteiger partial charge in [-0.2, -0.15) is 4.31 Å². The van der Waals surface area contributed by atoms with Crippen LogP contribution in [-0.2, 0) is 10.0 Å². The Labute approximate surface area is 132 Å². The average molecular weight is 379 g/mol. The second-order valence-electron chi connectivity index (χ2n) is 4.33. The maximum absolute atomic E-state index is 12.5. The second-order valence-corrected chi connectivity index (χ2v) is 7.51. The van der Waals surface area contributed by atoms with Crippen LogP contribution in [0.4, 0.5) is 0 Å². The van der Waals surface area contributed by atoms with Crippen molar-refractivity contribution in [1.82, 2.24) is 14.2 Å². The maximum Gasteiger partial charge on any atom is 0.246 e. The molecule has 1 aromatic heterocycles. The Kier molecular flexibility index (Phi) is 5.04. The molecule has 0 atom stereocenters. The minimum absolute atomic E-state index is 0.0146. The van der Waals surface area contributed by atoms with Gasteiger partial charge in [-0.1, -0.05) is 17.5 Å². The number of terminal acetylenes is 1. The third-order valence-electron chi connectivity index (χ3n) is 3.04. The van der Waals surface area contributed by atoms with Gasteiger partial charge in [-0.25, -0.2) is 13.4 Å². The Morgan fingerprint density at radius 3 is 2.65 bits per heavy atom. The SMILES string of the molecule is C#CCN1CCN(S(=O)(=O)c2cc(Br)cnc2Cl)CC1. The van der Waals surface area contributed by atoms with Crippen LogP contribution in [0.1, 0.15) is 0 Å². The lowest BCUT2D eigenvalue weighted by Gasteiger charge is -2.32. The van der Waals surface area contributed by atoms with Gasteiger partial charge in [-0.3, -0.25) is 4.90 Å². The van der Waals surface area contributed by atoms with Gasteiger partial charge in [0.25, 0.3) is 0 Å². The van der Waals surface area contributed by atoms with Crippen molar-refractivity contribution in [2.75, 3.05) is 32.7 Å². The van der Waals surface area contributed by atoms with Crippen LogP contribution in [-0.4, -0.2) is 55.3 Å². The molecule has 1 aliphatic heterocycles. The van der Waals surface area contributed by atoms with Crippen LogP contribution < -0.4 is 0 Å². The van der Waals surface area contributed by atoms with E-state index in [1.165, 1.54) is 16.6 Å². The molecule has 108 valence electrons. The Hall–Kier alpha value is -0.650. The molecule has 0 amide bonds. The summed E-state index contributed by atoms with van der Waals surface area (Å²) < 4.78 is 27.1. The van der Waals surface area contributed by atoms with Gasteiger partial charge < -0.3 is 0 Å². The number of sulfonamides is 1. The molecule has 1 aromatic rings. The predicted octanol–water partition coefficient (Wildman–Crippen LogP) is 1.44. The van der Waals surface area contributed by atoms with E-state index in [-0.39, 0.29) is 10.0 Å². The summed E-state index contributed by atoms with van der Waals surface area (Å²) in [4.78, 5) is 5.92. The van der Waals surface area contributed by atoms with Crippen molar-refractivity contribution in [3.63, 3.8) is 0 Å². The highest BCUT2D eigenvalue weighted by Gasteiger charge is 2.30. The second kappa shape index (κ2) is 6.41. The number of pyridine rings is 1. The molecule has 0 aromatic carbocycles. The highest BCUT2D eigenvalue weighted by molar-refractivity contribution is 9.10. The number of hydrogen-bond donors (Lipinski definition) is 0. The Morgan fingerprint density at radius 1 is 1.40 bits per heavy atom. The molecule has 0 unspecified atom stereocenters. The lowest BCUT2D eigenvalue weighted by atomic mass is 10.4. The average Bonchev–Trinajstić information content (AvgIpc) is 2.42. The molecule has 0 bridgehead atoms. The molecule has 0 N–H and O–H groups in total. The van der Waals surface area contributed by atoms with E-state index in [2.05, 4.69) is 26.8 Å². The van der Waals surface area contributed by atoms with Gasteiger partial charge in [0, 0.05) is 36.8 Å². The van der Waals surface area contributed by atoms with Gasteiger partial charge >= 0.3 is 0 Å². The van der Waals surface area contributed by atoms with E-state index in [4.69, 9.17) is 18.0 Å². The third kappa shape index (κ3) is 3.32. The summed E-state index contributed by atoms with van der Waals surface area (Å²) in [5, 5.41) is -0.0146. The fraction of sp³-hybridized carbons (Fsp3) is 0.417. The summed E-state index contributed by atoms with van der Waals surface area (Å²) in [5.41, 5.74) is 0. The predicted molar refractivity (Wildman–Crippen MR) is 81.0 cm³/mol. The summed E-state index contributed by atoms with van der Waals surface area (Å²) >= 11 is 9.11. The molecule has 0 spiro atoms. The minimum atomic E-state index is -3.62. The normalized spacial score (nSPS) is 17.9. The summed E-state index contributed by atoms with van der Waals surface area (Å²) in [6.45, 7) is 2.55. The van der Waals surface area contributed by atoms with Crippen molar-refractivity contribution in [3.8, 4) is 12.3 Å². The van der Waals surface area contributed by atoms with E-state index < -0.39 is 10.0 Å². The highest BCUT2D eigenvalue weighted by Crippen LogP contribution is 2.26. The van der Waals surface area contributed by atoms with E-state index in [9.17, 15) is 8.42 Å². The first-order valence-corrected chi connectivity index (χ1v) is 8.53. The smallest absolute Gasteiger partial charge is 0.246 e. The molecule has 2 rings (SSSR count). The first kappa shape index (κ1) is 15.7. The van der Waals surface area contributed by atoms with Crippen LogP contribution in [0.25, 0.3) is 0 Å². The number of aromatic nitrogens is 1. The number of hydrogen-bond acceptors (Lipinski definition) is 4. The molecule has 5 nitrogen and oxygen atoms in total.